The van der Waals surface area contributed by atoms with Crippen LogP contribution in [0, 0.1) is 0 Å². The first-order valence-electron chi connectivity index (χ1n) is 5.13. The molecule has 0 saturated heterocycles. The summed E-state index contributed by atoms with van der Waals surface area (Å²) in [4.78, 5) is 4.14. The molecular formula is C12H10BrNO3S. The Morgan fingerprint density at radius 1 is 1.11 bits per heavy atom. The Kier molecular flexibility index (Phi) is 4.11. The van der Waals surface area contributed by atoms with Crippen molar-refractivity contribution in [3.63, 3.8) is 0 Å². The van der Waals surface area contributed by atoms with E-state index in [1.165, 1.54) is 12.1 Å². The van der Waals surface area contributed by atoms with Crippen molar-refractivity contribution in [1.29, 1.82) is 0 Å². The van der Waals surface area contributed by atoms with Gasteiger partial charge in [-0.3, -0.25) is 4.18 Å². The summed E-state index contributed by atoms with van der Waals surface area (Å²) in [5.41, 5.74) is 0.678. The lowest BCUT2D eigenvalue weighted by Gasteiger charge is -2.06. The van der Waals surface area contributed by atoms with Crippen LogP contribution in [0.5, 0.6) is 0 Å². The first-order chi connectivity index (χ1) is 8.59. The SMILES string of the molecule is O=S(=O)(OCc1cccnc1Br)c1ccccc1. The first-order valence-corrected chi connectivity index (χ1v) is 7.33. The van der Waals surface area contributed by atoms with E-state index < -0.39 is 10.1 Å². The summed E-state index contributed by atoms with van der Waals surface area (Å²) in [6.45, 7) is -0.0499. The van der Waals surface area contributed by atoms with Gasteiger partial charge in [0, 0.05) is 11.8 Å². The molecule has 1 heterocycles. The minimum absolute atomic E-state index is 0.0499. The third-order valence-corrected chi connectivity index (χ3v) is 4.23. The van der Waals surface area contributed by atoms with Gasteiger partial charge in [0.05, 0.1) is 11.5 Å². The topological polar surface area (TPSA) is 56.3 Å². The van der Waals surface area contributed by atoms with E-state index in [9.17, 15) is 8.42 Å². The fourth-order valence-electron chi connectivity index (χ4n) is 1.32. The zero-order valence-electron chi connectivity index (χ0n) is 9.28. The molecule has 1 aromatic carbocycles. The van der Waals surface area contributed by atoms with Crippen LogP contribution in [0.1, 0.15) is 5.56 Å². The summed E-state index contributed by atoms with van der Waals surface area (Å²) in [7, 11) is -3.72. The van der Waals surface area contributed by atoms with Gasteiger partial charge in [0.15, 0.2) is 0 Å². The number of benzene rings is 1. The maximum absolute atomic E-state index is 11.9. The Bertz CT molecular complexity index is 629. The molecule has 0 saturated carbocycles. The van der Waals surface area contributed by atoms with Gasteiger partial charge in [0.1, 0.15) is 4.60 Å². The van der Waals surface area contributed by atoms with E-state index in [0.717, 1.165) is 0 Å². The van der Waals surface area contributed by atoms with Crippen molar-refractivity contribution >= 4 is 26.0 Å². The van der Waals surface area contributed by atoms with Crippen LogP contribution in [-0.4, -0.2) is 13.4 Å². The molecule has 0 aliphatic rings. The van der Waals surface area contributed by atoms with Crippen LogP contribution < -0.4 is 0 Å². The van der Waals surface area contributed by atoms with E-state index >= 15 is 0 Å². The second-order valence-electron chi connectivity index (χ2n) is 3.48. The van der Waals surface area contributed by atoms with Crippen LogP contribution in [0.4, 0.5) is 0 Å². The normalized spacial score (nSPS) is 11.4. The highest BCUT2D eigenvalue weighted by Gasteiger charge is 2.15. The Balaban J connectivity index is 2.14. The molecule has 2 aromatic rings. The molecule has 0 unspecified atom stereocenters. The summed E-state index contributed by atoms with van der Waals surface area (Å²) in [5, 5.41) is 0. The summed E-state index contributed by atoms with van der Waals surface area (Å²) in [6.07, 6.45) is 1.61. The summed E-state index contributed by atoms with van der Waals surface area (Å²) in [6, 6.07) is 11.5. The maximum Gasteiger partial charge on any atom is 0.297 e. The lowest BCUT2D eigenvalue weighted by molar-refractivity contribution is 0.307. The third kappa shape index (κ3) is 3.16. The molecule has 2 rings (SSSR count). The second kappa shape index (κ2) is 5.60. The molecule has 0 N–H and O–H groups in total. The van der Waals surface area contributed by atoms with Crippen LogP contribution in [-0.2, 0) is 20.9 Å². The van der Waals surface area contributed by atoms with Gasteiger partial charge < -0.3 is 0 Å². The van der Waals surface area contributed by atoms with Crippen molar-refractivity contribution in [2.75, 3.05) is 0 Å². The molecule has 4 nitrogen and oxygen atoms in total. The molecule has 0 amide bonds. The summed E-state index contributed by atoms with van der Waals surface area (Å²) < 4.78 is 29.3. The highest BCUT2D eigenvalue weighted by Crippen LogP contribution is 2.17. The highest BCUT2D eigenvalue weighted by molar-refractivity contribution is 9.10. The maximum atomic E-state index is 11.9. The van der Waals surface area contributed by atoms with Crippen LogP contribution in [0.15, 0.2) is 58.2 Å². The van der Waals surface area contributed by atoms with Gasteiger partial charge in [-0.05, 0) is 34.1 Å². The van der Waals surface area contributed by atoms with Crippen molar-refractivity contribution in [2.24, 2.45) is 0 Å². The van der Waals surface area contributed by atoms with Crippen molar-refractivity contribution in [2.45, 2.75) is 11.5 Å². The molecule has 0 aliphatic carbocycles. The van der Waals surface area contributed by atoms with Gasteiger partial charge in [-0.15, -0.1) is 0 Å². The number of nitrogens with zero attached hydrogens (tertiary/aromatic N) is 1. The molecule has 18 heavy (non-hydrogen) atoms. The van der Waals surface area contributed by atoms with E-state index in [2.05, 4.69) is 20.9 Å². The molecule has 0 bridgehead atoms. The van der Waals surface area contributed by atoms with Crippen LogP contribution in [0.25, 0.3) is 0 Å². The van der Waals surface area contributed by atoms with Gasteiger partial charge in [-0.25, -0.2) is 4.98 Å². The molecule has 0 spiro atoms. The fraction of sp³-hybridized carbons (Fsp3) is 0.0833. The van der Waals surface area contributed by atoms with E-state index in [1.54, 1.807) is 36.5 Å². The minimum atomic E-state index is -3.72. The molecule has 0 radical (unpaired) electrons. The third-order valence-electron chi connectivity index (χ3n) is 2.24. The fourth-order valence-corrected chi connectivity index (χ4v) is 2.60. The second-order valence-corrected chi connectivity index (χ2v) is 5.85. The van der Waals surface area contributed by atoms with Gasteiger partial charge in [0.25, 0.3) is 10.1 Å². The van der Waals surface area contributed by atoms with E-state index in [1.807, 2.05) is 0 Å². The van der Waals surface area contributed by atoms with Gasteiger partial charge >= 0.3 is 0 Å². The quantitative estimate of drug-likeness (QED) is 0.640. The monoisotopic (exact) mass is 327 g/mol. The van der Waals surface area contributed by atoms with Crippen molar-refractivity contribution < 1.29 is 12.6 Å². The number of pyridine rings is 1. The Labute approximate surface area is 114 Å². The van der Waals surface area contributed by atoms with Gasteiger partial charge in [-0.2, -0.15) is 8.42 Å². The lowest BCUT2D eigenvalue weighted by Crippen LogP contribution is -2.06. The van der Waals surface area contributed by atoms with Gasteiger partial charge in [0.2, 0.25) is 0 Å². The van der Waals surface area contributed by atoms with Crippen molar-refractivity contribution in [3.8, 4) is 0 Å². The molecule has 0 aliphatic heterocycles. The largest absolute Gasteiger partial charge is 0.297 e. The average Bonchev–Trinajstić information content (AvgIpc) is 2.39. The number of hydrogen-bond acceptors (Lipinski definition) is 4. The summed E-state index contributed by atoms with van der Waals surface area (Å²) in [5.74, 6) is 0. The van der Waals surface area contributed by atoms with E-state index in [4.69, 9.17) is 4.18 Å². The molecule has 1 aromatic heterocycles. The Morgan fingerprint density at radius 3 is 2.50 bits per heavy atom. The molecule has 94 valence electrons. The minimum Gasteiger partial charge on any atom is -0.261 e. The lowest BCUT2D eigenvalue weighted by atomic mass is 10.3. The van der Waals surface area contributed by atoms with Crippen LogP contribution in [0.3, 0.4) is 0 Å². The number of aromatic nitrogens is 1. The van der Waals surface area contributed by atoms with Crippen LogP contribution >= 0.6 is 15.9 Å². The highest BCUT2D eigenvalue weighted by atomic mass is 79.9. The first kappa shape index (κ1) is 13.2. The van der Waals surface area contributed by atoms with Gasteiger partial charge in [-0.1, -0.05) is 24.3 Å². The summed E-state index contributed by atoms with van der Waals surface area (Å²) >= 11 is 3.23. The Hall–Kier alpha value is -1.24. The molecular weight excluding hydrogens is 318 g/mol. The Morgan fingerprint density at radius 2 is 1.83 bits per heavy atom. The zero-order valence-corrected chi connectivity index (χ0v) is 11.7. The van der Waals surface area contributed by atoms with E-state index in [-0.39, 0.29) is 11.5 Å². The molecule has 0 atom stereocenters. The van der Waals surface area contributed by atoms with Crippen molar-refractivity contribution in [1.82, 2.24) is 4.98 Å². The smallest absolute Gasteiger partial charge is 0.261 e. The average molecular weight is 328 g/mol. The standard InChI is InChI=1S/C12H10BrNO3S/c13-12-10(5-4-8-14-12)9-17-18(15,16)11-6-2-1-3-7-11/h1-8H,9H2. The number of hydrogen-bond donors (Lipinski definition) is 0. The van der Waals surface area contributed by atoms with E-state index in [0.29, 0.717) is 10.2 Å². The predicted molar refractivity (Wildman–Crippen MR) is 70.4 cm³/mol. The zero-order chi connectivity index (χ0) is 13.0. The van der Waals surface area contributed by atoms with Crippen LogP contribution in [0.2, 0.25) is 0 Å². The van der Waals surface area contributed by atoms with Crippen molar-refractivity contribution in [3.05, 3.63) is 58.8 Å². The molecule has 0 fully saturated rings. The predicted octanol–water partition coefficient (Wildman–Crippen LogP) is 2.75. The molecule has 6 heteroatoms. The number of rotatable bonds is 4. The number of halogens is 1.